The number of hydrogen-bond donors (Lipinski definition) is 1. The van der Waals surface area contributed by atoms with Crippen molar-refractivity contribution in [2.45, 2.75) is 13.8 Å². The Balaban J connectivity index is 2.69. The van der Waals surface area contributed by atoms with Gasteiger partial charge in [-0.05, 0) is 25.5 Å². The van der Waals surface area contributed by atoms with Gasteiger partial charge in [-0.3, -0.25) is 0 Å². The summed E-state index contributed by atoms with van der Waals surface area (Å²) in [5.41, 5.74) is 3.06. The van der Waals surface area contributed by atoms with Crippen LogP contribution in [0.1, 0.15) is 29.8 Å². The maximum absolute atomic E-state index is 12.0. The molecule has 0 saturated carbocycles. The lowest BCUT2D eigenvalue weighted by Crippen LogP contribution is -2.08. The number of hydrogen-bond acceptors (Lipinski definition) is 2. The maximum Gasteiger partial charge on any atom is 0.340 e. The van der Waals surface area contributed by atoms with Gasteiger partial charge in [0, 0.05) is 11.6 Å². The van der Waals surface area contributed by atoms with Gasteiger partial charge in [0.25, 0.3) is 0 Å². The van der Waals surface area contributed by atoms with Crippen molar-refractivity contribution in [3.05, 3.63) is 42.1 Å². The van der Waals surface area contributed by atoms with Crippen LogP contribution in [0.2, 0.25) is 0 Å². The van der Waals surface area contributed by atoms with Crippen LogP contribution in [-0.4, -0.2) is 17.6 Å². The molecular weight excluding hydrogens is 214 g/mol. The molecule has 0 aliphatic heterocycles. The van der Waals surface area contributed by atoms with Gasteiger partial charge in [0.2, 0.25) is 0 Å². The van der Waals surface area contributed by atoms with Crippen molar-refractivity contribution in [2.24, 2.45) is 0 Å². The summed E-state index contributed by atoms with van der Waals surface area (Å²) in [7, 11) is 0. The first-order valence-corrected chi connectivity index (χ1v) is 5.58. The Bertz CT molecular complexity index is 581. The van der Waals surface area contributed by atoms with E-state index >= 15 is 0 Å². The highest BCUT2D eigenvalue weighted by molar-refractivity contribution is 6.07. The summed E-state index contributed by atoms with van der Waals surface area (Å²) < 4.78 is 5.10. The molecule has 88 valence electrons. The third-order valence-corrected chi connectivity index (χ3v) is 2.67. The van der Waals surface area contributed by atoms with Gasteiger partial charge in [-0.1, -0.05) is 24.3 Å². The first-order chi connectivity index (χ1) is 8.15. The average Bonchev–Trinajstić information content (AvgIpc) is 2.75. The van der Waals surface area contributed by atoms with Crippen LogP contribution in [0.4, 0.5) is 0 Å². The highest BCUT2D eigenvalue weighted by Gasteiger charge is 2.17. The zero-order chi connectivity index (χ0) is 12.4. The molecule has 17 heavy (non-hydrogen) atoms. The number of carbonyl (C=O) groups is 1. The molecule has 2 aromatic rings. The van der Waals surface area contributed by atoms with E-state index in [9.17, 15) is 4.79 Å². The molecular formula is C14H15NO2. The lowest BCUT2D eigenvalue weighted by atomic mass is 9.99. The van der Waals surface area contributed by atoms with Gasteiger partial charge in [0.1, 0.15) is 0 Å². The van der Waals surface area contributed by atoms with Crippen LogP contribution < -0.4 is 0 Å². The summed E-state index contributed by atoms with van der Waals surface area (Å²) in [5, 5.41) is 0.998. The van der Waals surface area contributed by atoms with Crippen molar-refractivity contribution in [3.8, 4) is 0 Å². The summed E-state index contributed by atoms with van der Waals surface area (Å²) in [5.74, 6) is -0.307. The third kappa shape index (κ3) is 1.96. The van der Waals surface area contributed by atoms with Crippen LogP contribution in [0.3, 0.4) is 0 Å². The Morgan fingerprint density at radius 1 is 1.41 bits per heavy atom. The van der Waals surface area contributed by atoms with Gasteiger partial charge < -0.3 is 9.72 Å². The number of benzene rings is 1. The van der Waals surface area contributed by atoms with Crippen LogP contribution in [0, 0.1) is 0 Å². The number of allylic oxidation sites excluding steroid dienone is 1. The van der Waals surface area contributed by atoms with E-state index < -0.39 is 0 Å². The fourth-order valence-electron chi connectivity index (χ4n) is 1.90. The number of H-pyrrole nitrogens is 1. The van der Waals surface area contributed by atoms with Gasteiger partial charge in [-0.25, -0.2) is 4.79 Å². The molecule has 0 aliphatic carbocycles. The Hall–Kier alpha value is -2.03. The van der Waals surface area contributed by atoms with E-state index in [0.717, 1.165) is 22.0 Å². The monoisotopic (exact) mass is 229 g/mol. The van der Waals surface area contributed by atoms with Crippen LogP contribution >= 0.6 is 0 Å². The molecule has 0 spiro atoms. The highest BCUT2D eigenvalue weighted by Crippen LogP contribution is 2.26. The number of ether oxygens (including phenoxy) is 1. The number of nitrogens with one attached hydrogen (secondary N) is 1. The molecule has 3 nitrogen and oxygen atoms in total. The van der Waals surface area contributed by atoms with Crippen molar-refractivity contribution in [3.63, 3.8) is 0 Å². The number of rotatable bonds is 3. The topological polar surface area (TPSA) is 42.1 Å². The number of fused-ring (bicyclic) bond motifs is 1. The first-order valence-electron chi connectivity index (χ1n) is 5.58. The molecule has 1 aromatic carbocycles. The molecule has 0 fully saturated rings. The van der Waals surface area contributed by atoms with E-state index in [0.29, 0.717) is 12.2 Å². The summed E-state index contributed by atoms with van der Waals surface area (Å²) >= 11 is 0. The van der Waals surface area contributed by atoms with Gasteiger partial charge in [-0.15, -0.1) is 0 Å². The summed E-state index contributed by atoms with van der Waals surface area (Å²) in [6.07, 6.45) is 1.82. The van der Waals surface area contributed by atoms with Crippen molar-refractivity contribution in [2.75, 3.05) is 6.61 Å². The Kier molecular flexibility index (Phi) is 3.00. The van der Waals surface area contributed by atoms with E-state index in [2.05, 4.69) is 11.6 Å². The van der Waals surface area contributed by atoms with Crippen molar-refractivity contribution in [1.82, 2.24) is 4.98 Å². The summed E-state index contributed by atoms with van der Waals surface area (Å²) in [6, 6.07) is 5.81. The lowest BCUT2D eigenvalue weighted by molar-refractivity contribution is 0.0528. The molecule has 0 amide bonds. The second-order valence-corrected chi connectivity index (χ2v) is 3.93. The number of carbonyl (C=O) groups excluding carboxylic acids is 1. The van der Waals surface area contributed by atoms with Crippen LogP contribution in [0.25, 0.3) is 16.5 Å². The quantitative estimate of drug-likeness (QED) is 0.820. The first kappa shape index (κ1) is 11.5. The van der Waals surface area contributed by atoms with Gasteiger partial charge in [-0.2, -0.15) is 0 Å². The molecule has 2 rings (SSSR count). The van der Waals surface area contributed by atoms with Crippen LogP contribution in [-0.2, 0) is 4.74 Å². The van der Waals surface area contributed by atoms with E-state index in [1.165, 1.54) is 0 Å². The predicted molar refractivity (Wildman–Crippen MR) is 69.0 cm³/mol. The van der Waals surface area contributed by atoms with Crippen molar-refractivity contribution < 1.29 is 9.53 Å². The molecule has 3 heteroatoms. The lowest BCUT2D eigenvalue weighted by Gasteiger charge is -2.09. The van der Waals surface area contributed by atoms with Gasteiger partial charge in [0.05, 0.1) is 17.7 Å². The molecule has 0 unspecified atom stereocenters. The van der Waals surface area contributed by atoms with Crippen molar-refractivity contribution in [1.29, 1.82) is 0 Å². The predicted octanol–water partition coefficient (Wildman–Crippen LogP) is 3.38. The smallest absolute Gasteiger partial charge is 0.340 e. The minimum atomic E-state index is -0.307. The molecule has 0 bridgehead atoms. The highest BCUT2D eigenvalue weighted by atomic mass is 16.5. The number of esters is 1. The maximum atomic E-state index is 12.0. The van der Waals surface area contributed by atoms with E-state index in [4.69, 9.17) is 4.74 Å². The third-order valence-electron chi connectivity index (χ3n) is 2.67. The molecule has 0 aliphatic rings. The molecule has 1 aromatic heterocycles. The van der Waals surface area contributed by atoms with E-state index in [1.807, 2.05) is 31.3 Å². The SMILES string of the molecule is C=C(C)c1ccc2cc[nH]c2c1C(=O)OCC. The number of aromatic amines is 1. The average molecular weight is 229 g/mol. The van der Waals surface area contributed by atoms with Crippen LogP contribution in [0.5, 0.6) is 0 Å². The Morgan fingerprint density at radius 3 is 2.82 bits per heavy atom. The second kappa shape index (κ2) is 4.45. The zero-order valence-corrected chi connectivity index (χ0v) is 10.0. The van der Waals surface area contributed by atoms with Crippen molar-refractivity contribution >= 4 is 22.4 Å². The molecule has 0 saturated heterocycles. The normalized spacial score (nSPS) is 10.5. The minimum absolute atomic E-state index is 0.307. The van der Waals surface area contributed by atoms with E-state index in [1.54, 1.807) is 6.92 Å². The molecule has 1 N–H and O–H groups in total. The van der Waals surface area contributed by atoms with Gasteiger partial charge >= 0.3 is 5.97 Å². The summed E-state index contributed by atoms with van der Waals surface area (Å²) in [6.45, 7) is 7.95. The van der Waals surface area contributed by atoms with E-state index in [-0.39, 0.29) is 5.97 Å². The molecule has 0 radical (unpaired) electrons. The molecule has 0 atom stereocenters. The number of aromatic nitrogens is 1. The Labute approximate surface area is 100 Å². The Morgan fingerprint density at radius 2 is 2.18 bits per heavy atom. The zero-order valence-electron chi connectivity index (χ0n) is 10.0. The fraction of sp³-hybridized carbons (Fsp3) is 0.214. The van der Waals surface area contributed by atoms with Crippen LogP contribution in [0.15, 0.2) is 31.0 Å². The second-order valence-electron chi connectivity index (χ2n) is 3.93. The molecule has 1 heterocycles. The minimum Gasteiger partial charge on any atom is -0.462 e. The van der Waals surface area contributed by atoms with Gasteiger partial charge in [0.15, 0.2) is 0 Å². The largest absolute Gasteiger partial charge is 0.462 e. The summed E-state index contributed by atoms with van der Waals surface area (Å²) in [4.78, 5) is 15.1. The fourth-order valence-corrected chi connectivity index (χ4v) is 1.90. The standard InChI is InChI=1S/C14H15NO2/c1-4-17-14(16)12-11(9(2)3)6-5-10-7-8-15-13(10)12/h5-8,15H,2,4H2,1,3H3.